The summed E-state index contributed by atoms with van der Waals surface area (Å²) in [7, 11) is 0. The summed E-state index contributed by atoms with van der Waals surface area (Å²) in [5.41, 5.74) is 6.56. The Balaban J connectivity index is 1.94. The molecule has 1 saturated carbocycles. The van der Waals surface area contributed by atoms with E-state index in [1.807, 2.05) is 4.68 Å². The molecule has 0 bridgehead atoms. The van der Waals surface area contributed by atoms with Gasteiger partial charge < -0.3 is 5.73 Å². The van der Waals surface area contributed by atoms with Crippen molar-refractivity contribution in [1.82, 2.24) is 14.8 Å². The van der Waals surface area contributed by atoms with Crippen LogP contribution < -0.4 is 5.73 Å². The molecule has 114 valence electrons. The van der Waals surface area contributed by atoms with Crippen molar-refractivity contribution >= 4 is 0 Å². The smallest absolute Gasteiger partial charge is 0.138 e. The van der Waals surface area contributed by atoms with Crippen LogP contribution in [0.3, 0.4) is 0 Å². The second-order valence-corrected chi connectivity index (χ2v) is 7.02. The van der Waals surface area contributed by atoms with Crippen molar-refractivity contribution in [2.24, 2.45) is 17.6 Å². The highest BCUT2D eigenvalue weighted by atomic mass is 15.3. The van der Waals surface area contributed by atoms with Crippen molar-refractivity contribution in [3.63, 3.8) is 0 Å². The zero-order valence-electron chi connectivity index (χ0n) is 13.3. The summed E-state index contributed by atoms with van der Waals surface area (Å²) in [6.45, 7) is 7.63. The first-order valence-electron chi connectivity index (χ1n) is 8.18. The zero-order chi connectivity index (χ0) is 14.6. The number of nitrogens with zero attached hydrogens (tertiary/aromatic N) is 3. The van der Waals surface area contributed by atoms with Crippen LogP contribution in [0.15, 0.2) is 6.33 Å². The maximum absolute atomic E-state index is 6.63. The van der Waals surface area contributed by atoms with E-state index >= 15 is 0 Å². The Bertz CT molecular complexity index is 402. The molecule has 1 heterocycles. The second-order valence-electron chi connectivity index (χ2n) is 7.02. The predicted molar refractivity (Wildman–Crippen MR) is 82.3 cm³/mol. The van der Waals surface area contributed by atoms with Gasteiger partial charge in [-0.3, -0.25) is 0 Å². The molecule has 0 atom stereocenters. The second kappa shape index (κ2) is 6.70. The van der Waals surface area contributed by atoms with Crippen molar-refractivity contribution in [3.8, 4) is 0 Å². The first-order chi connectivity index (χ1) is 9.52. The molecule has 20 heavy (non-hydrogen) atoms. The van der Waals surface area contributed by atoms with Crippen LogP contribution in [0.1, 0.15) is 65.1 Å². The van der Waals surface area contributed by atoms with Gasteiger partial charge in [0.15, 0.2) is 0 Å². The molecule has 0 spiro atoms. The van der Waals surface area contributed by atoms with Gasteiger partial charge in [-0.1, -0.05) is 33.6 Å². The van der Waals surface area contributed by atoms with Crippen LogP contribution in [0, 0.1) is 11.8 Å². The van der Waals surface area contributed by atoms with E-state index in [4.69, 9.17) is 5.73 Å². The standard InChI is InChI=1S/C16H30N4/c1-4-5-14-6-8-16(17,9-7-14)10-15-18-12-19-20(15)11-13(2)3/h12-14H,4-11,17H2,1-3H3. The number of nitrogens with two attached hydrogens (primary N) is 1. The quantitative estimate of drug-likeness (QED) is 0.869. The molecule has 0 unspecified atom stereocenters. The van der Waals surface area contributed by atoms with E-state index in [1.54, 1.807) is 6.33 Å². The highest BCUT2D eigenvalue weighted by Crippen LogP contribution is 2.34. The fraction of sp³-hybridized carbons (Fsp3) is 0.875. The maximum Gasteiger partial charge on any atom is 0.138 e. The molecule has 0 aromatic carbocycles. The van der Waals surface area contributed by atoms with Crippen LogP contribution in [0.4, 0.5) is 0 Å². The van der Waals surface area contributed by atoms with Gasteiger partial charge in [-0.05, 0) is 37.5 Å². The van der Waals surface area contributed by atoms with Crippen LogP contribution in [-0.2, 0) is 13.0 Å². The van der Waals surface area contributed by atoms with Gasteiger partial charge in [0, 0.05) is 18.5 Å². The topological polar surface area (TPSA) is 56.7 Å². The van der Waals surface area contributed by atoms with Crippen molar-refractivity contribution in [3.05, 3.63) is 12.2 Å². The van der Waals surface area contributed by atoms with Crippen LogP contribution >= 0.6 is 0 Å². The molecule has 1 aliphatic carbocycles. The van der Waals surface area contributed by atoms with Gasteiger partial charge in [0.05, 0.1) is 0 Å². The van der Waals surface area contributed by atoms with E-state index in [0.29, 0.717) is 5.92 Å². The molecule has 0 saturated heterocycles. The largest absolute Gasteiger partial charge is 0.325 e. The lowest BCUT2D eigenvalue weighted by Crippen LogP contribution is -2.46. The third-order valence-electron chi connectivity index (χ3n) is 4.54. The number of hydrogen-bond donors (Lipinski definition) is 1. The molecule has 0 radical (unpaired) electrons. The molecule has 1 fully saturated rings. The molecular weight excluding hydrogens is 248 g/mol. The van der Waals surface area contributed by atoms with Crippen LogP contribution in [0.25, 0.3) is 0 Å². The Morgan fingerprint density at radius 2 is 2.10 bits per heavy atom. The Morgan fingerprint density at radius 1 is 1.40 bits per heavy atom. The van der Waals surface area contributed by atoms with Gasteiger partial charge in [0.1, 0.15) is 12.2 Å². The summed E-state index contributed by atoms with van der Waals surface area (Å²) in [6, 6.07) is 0. The zero-order valence-corrected chi connectivity index (χ0v) is 13.3. The van der Waals surface area contributed by atoms with Crippen LogP contribution in [0.2, 0.25) is 0 Å². The van der Waals surface area contributed by atoms with Gasteiger partial charge in [0.2, 0.25) is 0 Å². The monoisotopic (exact) mass is 278 g/mol. The van der Waals surface area contributed by atoms with Crippen LogP contribution in [0.5, 0.6) is 0 Å². The molecule has 4 heteroatoms. The average Bonchev–Trinajstić information content (AvgIpc) is 2.79. The van der Waals surface area contributed by atoms with E-state index in [1.165, 1.54) is 25.7 Å². The summed E-state index contributed by atoms with van der Waals surface area (Å²) in [5.74, 6) is 2.55. The molecule has 2 N–H and O–H groups in total. The van der Waals surface area contributed by atoms with E-state index in [0.717, 1.165) is 37.5 Å². The van der Waals surface area contributed by atoms with E-state index < -0.39 is 0 Å². The summed E-state index contributed by atoms with van der Waals surface area (Å²) in [4.78, 5) is 4.44. The minimum absolute atomic E-state index is 0.0635. The minimum Gasteiger partial charge on any atom is -0.325 e. The van der Waals surface area contributed by atoms with Crippen molar-refractivity contribution < 1.29 is 0 Å². The van der Waals surface area contributed by atoms with Gasteiger partial charge in [0.25, 0.3) is 0 Å². The molecule has 1 aromatic heterocycles. The van der Waals surface area contributed by atoms with Gasteiger partial charge in [-0.15, -0.1) is 0 Å². The fourth-order valence-corrected chi connectivity index (χ4v) is 3.36. The summed E-state index contributed by atoms with van der Waals surface area (Å²) in [6.07, 6.45) is 10.0. The highest BCUT2D eigenvalue weighted by molar-refractivity contribution is 5.00. The molecule has 0 aliphatic heterocycles. The van der Waals surface area contributed by atoms with E-state index in [2.05, 4.69) is 30.9 Å². The van der Waals surface area contributed by atoms with E-state index in [9.17, 15) is 0 Å². The molecule has 0 amide bonds. The predicted octanol–water partition coefficient (Wildman–Crippen LogP) is 3.16. The molecule has 1 aromatic rings. The fourth-order valence-electron chi connectivity index (χ4n) is 3.36. The Hall–Kier alpha value is -0.900. The number of aromatic nitrogens is 3. The first-order valence-corrected chi connectivity index (χ1v) is 8.18. The highest BCUT2D eigenvalue weighted by Gasteiger charge is 2.32. The number of rotatable bonds is 6. The Labute approximate surface area is 123 Å². The Kier molecular flexibility index (Phi) is 5.19. The third kappa shape index (κ3) is 4.05. The average molecular weight is 278 g/mol. The van der Waals surface area contributed by atoms with Crippen molar-refractivity contribution in [1.29, 1.82) is 0 Å². The molecule has 2 rings (SSSR count). The summed E-state index contributed by atoms with van der Waals surface area (Å²) in [5, 5.41) is 4.35. The lowest BCUT2D eigenvalue weighted by Gasteiger charge is -2.37. The van der Waals surface area contributed by atoms with Gasteiger partial charge in [-0.25, -0.2) is 9.67 Å². The molecular formula is C16H30N4. The van der Waals surface area contributed by atoms with Gasteiger partial charge in [-0.2, -0.15) is 5.10 Å². The van der Waals surface area contributed by atoms with Crippen LogP contribution in [-0.4, -0.2) is 20.3 Å². The summed E-state index contributed by atoms with van der Waals surface area (Å²) < 4.78 is 2.04. The van der Waals surface area contributed by atoms with E-state index in [-0.39, 0.29) is 5.54 Å². The molecule has 1 aliphatic rings. The van der Waals surface area contributed by atoms with Crippen molar-refractivity contribution in [2.75, 3.05) is 0 Å². The lowest BCUT2D eigenvalue weighted by atomic mass is 9.74. The minimum atomic E-state index is -0.0635. The van der Waals surface area contributed by atoms with Crippen molar-refractivity contribution in [2.45, 2.75) is 77.8 Å². The Morgan fingerprint density at radius 3 is 2.70 bits per heavy atom. The maximum atomic E-state index is 6.63. The lowest BCUT2D eigenvalue weighted by molar-refractivity contribution is 0.218. The SMILES string of the molecule is CCCC1CCC(N)(Cc2ncnn2CC(C)C)CC1. The normalized spacial score (nSPS) is 27.1. The number of hydrogen-bond acceptors (Lipinski definition) is 3. The first kappa shape index (κ1) is 15.5. The third-order valence-corrected chi connectivity index (χ3v) is 4.54. The molecule has 4 nitrogen and oxygen atoms in total. The summed E-state index contributed by atoms with van der Waals surface area (Å²) >= 11 is 0. The van der Waals surface area contributed by atoms with Gasteiger partial charge >= 0.3 is 0 Å².